The number of benzene rings is 1. The zero-order valence-corrected chi connectivity index (χ0v) is 8.85. The van der Waals surface area contributed by atoms with Gasteiger partial charge in [0.2, 0.25) is 0 Å². The van der Waals surface area contributed by atoms with Crippen molar-refractivity contribution in [1.29, 1.82) is 0 Å². The van der Waals surface area contributed by atoms with Crippen molar-refractivity contribution in [3.63, 3.8) is 0 Å². The first kappa shape index (κ1) is 9.93. The highest BCUT2D eigenvalue weighted by atomic mass is 15.3. The molecule has 0 atom stereocenters. The average molecular weight is 201 g/mol. The standard InChI is InChI=1S/C12H15N3/c1-10-3-2-4-12(9-10)15-8-6-11(14-15)5-7-13/h2-4,6,8-9H,5,7,13H2,1H3. The van der Waals surface area contributed by atoms with E-state index in [9.17, 15) is 0 Å². The van der Waals surface area contributed by atoms with Crippen molar-refractivity contribution in [1.82, 2.24) is 9.78 Å². The Kier molecular flexibility index (Phi) is 2.83. The van der Waals surface area contributed by atoms with Crippen molar-refractivity contribution in [2.24, 2.45) is 5.73 Å². The molecule has 0 saturated carbocycles. The maximum absolute atomic E-state index is 5.48. The van der Waals surface area contributed by atoms with Gasteiger partial charge in [-0.1, -0.05) is 12.1 Å². The fourth-order valence-electron chi connectivity index (χ4n) is 1.56. The van der Waals surface area contributed by atoms with Gasteiger partial charge < -0.3 is 5.73 Å². The van der Waals surface area contributed by atoms with Gasteiger partial charge in [-0.2, -0.15) is 5.10 Å². The predicted octanol–water partition coefficient (Wildman–Crippen LogP) is 1.68. The van der Waals surface area contributed by atoms with Crippen LogP contribution in [-0.2, 0) is 6.42 Å². The predicted molar refractivity (Wildman–Crippen MR) is 61.1 cm³/mol. The molecule has 0 spiro atoms. The number of hydrogen-bond donors (Lipinski definition) is 1. The van der Waals surface area contributed by atoms with Gasteiger partial charge in [0.15, 0.2) is 0 Å². The third-order valence-electron chi connectivity index (χ3n) is 2.31. The third-order valence-corrected chi connectivity index (χ3v) is 2.31. The quantitative estimate of drug-likeness (QED) is 0.821. The Balaban J connectivity index is 2.29. The normalized spacial score (nSPS) is 10.5. The topological polar surface area (TPSA) is 43.8 Å². The fraction of sp³-hybridized carbons (Fsp3) is 0.250. The summed E-state index contributed by atoms with van der Waals surface area (Å²) in [5.41, 5.74) is 8.86. The van der Waals surface area contributed by atoms with Crippen LogP contribution in [0.4, 0.5) is 0 Å². The van der Waals surface area contributed by atoms with Crippen molar-refractivity contribution >= 4 is 0 Å². The smallest absolute Gasteiger partial charge is 0.0648 e. The number of nitrogens with zero attached hydrogens (tertiary/aromatic N) is 2. The van der Waals surface area contributed by atoms with Crippen LogP contribution in [0.25, 0.3) is 5.69 Å². The van der Waals surface area contributed by atoms with Gasteiger partial charge in [0.05, 0.1) is 11.4 Å². The zero-order chi connectivity index (χ0) is 10.7. The molecule has 3 heteroatoms. The van der Waals surface area contributed by atoms with Crippen LogP contribution in [0.1, 0.15) is 11.3 Å². The van der Waals surface area contributed by atoms with Gasteiger partial charge in [-0.15, -0.1) is 0 Å². The maximum atomic E-state index is 5.48. The lowest BCUT2D eigenvalue weighted by Gasteiger charge is -2.01. The van der Waals surface area contributed by atoms with Crippen molar-refractivity contribution in [2.75, 3.05) is 6.54 Å². The van der Waals surface area contributed by atoms with Gasteiger partial charge in [0.25, 0.3) is 0 Å². The molecule has 2 aromatic rings. The second-order valence-corrected chi connectivity index (χ2v) is 3.63. The van der Waals surface area contributed by atoms with Crippen LogP contribution in [0, 0.1) is 6.92 Å². The van der Waals surface area contributed by atoms with Gasteiger partial charge in [0, 0.05) is 12.6 Å². The Hall–Kier alpha value is -1.61. The van der Waals surface area contributed by atoms with E-state index in [2.05, 4.69) is 24.2 Å². The molecule has 15 heavy (non-hydrogen) atoms. The Morgan fingerprint density at radius 2 is 2.20 bits per heavy atom. The van der Waals surface area contributed by atoms with Crippen LogP contribution in [-0.4, -0.2) is 16.3 Å². The van der Waals surface area contributed by atoms with E-state index in [0.29, 0.717) is 6.54 Å². The molecule has 3 nitrogen and oxygen atoms in total. The number of rotatable bonds is 3. The van der Waals surface area contributed by atoms with Gasteiger partial charge in [-0.3, -0.25) is 0 Å². The molecule has 0 radical (unpaired) electrons. The minimum absolute atomic E-state index is 0.644. The summed E-state index contributed by atoms with van der Waals surface area (Å²) in [5, 5.41) is 4.45. The first-order chi connectivity index (χ1) is 7.29. The molecule has 1 aromatic heterocycles. The molecule has 2 rings (SSSR count). The lowest BCUT2D eigenvalue weighted by Crippen LogP contribution is -2.04. The molecule has 78 valence electrons. The monoisotopic (exact) mass is 201 g/mol. The lowest BCUT2D eigenvalue weighted by molar-refractivity contribution is 0.821. The van der Waals surface area contributed by atoms with E-state index in [4.69, 9.17) is 5.73 Å². The van der Waals surface area contributed by atoms with Crippen molar-refractivity contribution in [2.45, 2.75) is 13.3 Å². The van der Waals surface area contributed by atoms with Gasteiger partial charge >= 0.3 is 0 Å². The Labute approximate surface area is 89.5 Å². The molecule has 0 amide bonds. The van der Waals surface area contributed by atoms with Crippen LogP contribution >= 0.6 is 0 Å². The molecule has 1 aromatic carbocycles. The molecule has 2 N–H and O–H groups in total. The first-order valence-electron chi connectivity index (χ1n) is 5.11. The van der Waals surface area contributed by atoms with Gasteiger partial charge in [-0.25, -0.2) is 4.68 Å². The van der Waals surface area contributed by atoms with E-state index in [1.54, 1.807) is 0 Å². The summed E-state index contributed by atoms with van der Waals surface area (Å²) in [7, 11) is 0. The zero-order valence-electron chi connectivity index (χ0n) is 8.85. The summed E-state index contributed by atoms with van der Waals surface area (Å²) >= 11 is 0. The van der Waals surface area contributed by atoms with Crippen molar-refractivity contribution in [3.8, 4) is 5.69 Å². The maximum Gasteiger partial charge on any atom is 0.0648 e. The van der Waals surface area contributed by atoms with Crippen molar-refractivity contribution in [3.05, 3.63) is 47.8 Å². The summed E-state index contributed by atoms with van der Waals surface area (Å²) < 4.78 is 1.89. The molecule has 0 bridgehead atoms. The van der Waals surface area contributed by atoms with E-state index in [-0.39, 0.29) is 0 Å². The molecule has 0 aliphatic rings. The highest BCUT2D eigenvalue weighted by molar-refractivity contribution is 5.34. The largest absolute Gasteiger partial charge is 0.330 e. The summed E-state index contributed by atoms with van der Waals surface area (Å²) in [5.74, 6) is 0. The molecule has 0 unspecified atom stereocenters. The van der Waals surface area contributed by atoms with Crippen LogP contribution in [0.2, 0.25) is 0 Å². The molecule has 0 aliphatic heterocycles. The van der Waals surface area contributed by atoms with E-state index in [1.165, 1.54) is 5.56 Å². The Morgan fingerprint density at radius 1 is 1.33 bits per heavy atom. The Bertz CT molecular complexity index is 446. The second-order valence-electron chi connectivity index (χ2n) is 3.63. The summed E-state index contributed by atoms with van der Waals surface area (Å²) in [6, 6.07) is 10.3. The van der Waals surface area contributed by atoms with Crippen LogP contribution in [0.3, 0.4) is 0 Å². The fourth-order valence-corrected chi connectivity index (χ4v) is 1.56. The Morgan fingerprint density at radius 3 is 2.93 bits per heavy atom. The third kappa shape index (κ3) is 2.25. The molecule has 0 fully saturated rings. The minimum atomic E-state index is 0.644. The summed E-state index contributed by atoms with van der Waals surface area (Å²) in [6.45, 7) is 2.72. The van der Waals surface area contributed by atoms with E-state index >= 15 is 0 Å². The number of nitrogens with two attached hydrogens (primary N) is 1. The molecular formula is C12H15N3. The van der Waals surface area contributed by atoms with Crippen molar-refractivity contribution < 1.29 is 0 Å². The van der Waals surface area contributed by atoms with E-state index < -0.39 is 0 Å². The average Bonchev–Trinajstić information content (AvgIpc) is 2.67. The number of hydrogen-bond acceptors (Lipinski definition) is 2. The first-order valence-corrected chi connectivity index (χ1v) is 5.11. The SMILES string of the molecule is Cc1cccc(-n2ccc(CCN)n2)c1. The second kappa shape index (κ2) is 4.28. The molecule has 0 aliphatic carbocycles. The summed E-state index contributed by atoms with van der Waals surface area (Å²) in [6.07, 6.45) is 2.80. The molecule has 0 saturated heterocycles. The minimum Gasteiger partial charge on any atom is -0.330 e. The number of aryl methyl sites for hydroxylation is 1. The van der Waals surface area contributed by atoms with E-state index in [1.807, 2.05) is 29.1 Å². The molecular weight excluding hydrogens is 186 g/mol. The number of aromatic nitrogens is 2. The van der Waals surface area contributed by atoms with Gasteiger partial charge in [0.1, 0.15) is 0 Å². The highest BCUT2D eigenvalue weighted by Gasteiger charge is 2.00. The van der Waals surface area contributed by atoms with Crippen LogP contribution in [0.15, 0.2) is 36.5 Å². The summed E-state index contributed by atoms with van der Waals surface area (Å²) in [4.78, 5) is 0. The van der Waals surface area contributed by atoms with Gasteiger partial charge in [-0.05, 0) is 37.2 Å². The van der Waals surface area contributed by atoms with Crippen LogP contribution < -0.4 is 5.73 Å². The van der Waals surface area contributed by atoms with Crippen LogP contribution in [0.5, 0.6) is 0 Å². The lowest BCUT2D eigenvalue weighted by atomic mass is 10.2. The van der Waals surface area contributed by atoms with E-state index in [0.717, 1.165) is 17.8 Å². The highest BCUT2D eigenvalue weighted by Crippen LogP contribution is 2.09. The molecule has 1 heterocycles.